The molecule has 0 amide bonds. The van der Waals surface area contributed by atoms with Gasteiger partial charge in [-0.25, -0.2) is 29.9 Å². The molecule has 5 N–H and O–H groups in total. The number of aromatic nitrogens is 18. The average molecular weight is 1310 g/mol. The van der Waals surface area contributed by atoms with Crippen LogP contribution in [0.5, 0.6) is 0 Å². The van der Waals surface area contributed by atoms with Gasteiger partial charge < -0.3 is 31.1 Å². The first-order valence-electron chi connectivity index (χ1n) is 32.5. The number of aliphatic hydroxyl groups excluding tert-OH is 1. The molecule has 0 spiro atoms. The Bertz CT molecular complexity index is 4540. The molecule has 2 saturated heterocycles. The minimum Gasteiger partial charge on any atom is -0.393 e. The molecule has 15 rings (SSSR count). The standard InChI is InChI=1S/C24H27N7O.C23H26N8OS.C23H26N8/c1-30-11-10-22(29-30)21-14-25-23(28-24(21)27-19-6-8-20(32)9-7-19)17-5-3-4-16(12-17)18-13-26-31(2)15-18;1-16-28-29-23(33-16)20-14-25-21(27-22(20)24-6-7-31-8-10-32-11-9-31)18-5-3-4-17(12-18)19-13-26-30(2)15-19;1-30-14-19(11-27-30)17-4-3-5-18(8-17)22-26-13-21(20-12-28-31(2)15-20)23(29-22)25-10-16-6-7-24-9-16/h3-5,10-15,19-20,32H,6-9H2,1-2H3,(H,25,27,28);3-5,12-15H,6-11H2,1-2H3,(H,24,25,27);3-5,8,11-16,24H,6-7,9-10H2,1-2H3,(H,25,26,29). The molecule has 1 unspecified atom stereocenters. The van der Waals surface area contributed by atoms with Gasteiger partial charge in [-0.05, 0) is 99.0 Å². The highest BCUT2D eigenvalue weighted by molar-refractivity contribution is 7.14. The van der Waals surface area contributed by atoms with Gasteiger partial charge in [0.2, 0.25) is 0 Å². The Morgan fingerprint density at radius 3 is 1.54 bits per heavy atom. The maximum atomic E-state index is 9.87. The monoisotopic (exact) mass is 1310 g/mol. The lowest BCUT2D eigenvalue weighted by atomic mass is 9.93. The van der Waals surface area contributed by atoms with E-state index >= 15 is 0 Å². The summed E-state index contributed by atoms with van der Waals surface area (Å²) in [5, 5.41) is 55.9. The second-order valence-electron chi connectivity index (χ2n) is 24.5. The lowest BCUT2D eigenvalue weighted by Crippen LogP contribution is -2.39. The molecule has 3 fully saturated rings. The molecular weight excluding hydrogens is 1230 g/mol. The van der Waals surface area contributed by atoms with E-state index in [4.69, 9.17) is 24.7 Å². The second kappa shape index (κ2) is 30.0. The number of aliphatic hydroxyl groups is 1. The molecule has 12 aromatic rings. The van der Waals surface area contributed by atoms with Crippen molar-refractivity contribution in [3.63, 3.8) is 0 Å². The van der Waals surface area contributed by atoms with Crippen LogP contribution in [0.1, 0.15) is 37.1 Å². The number of aryl methyl sites for hydroxylation is 6. The van der Waals surface area contributed by atoms with E-state index < -0.39 is 0 Å². The van der Waals surface area contributed by atoms with Crippen LogP contribution >= 0.6 is 11.3 Å². The summed E-state index contributed by atoms with van der Waals surface area (Å²) in [6, 6.07) is 26.9. The highest BCUT2D eigenvalue weighted by atomic mass is 32.1. The van der Waals surface area contributed by atoms with Crippen molar-refractivity contribution >= 4 is 28.8 Å². The first-order valence-corrected chi connectivity index (χ1v) is 33.3. The minimum atomic E-state index is -0.195. The molecule has 1 saturated carbocycles. The van der Waals surface area contributed by atoms with Gasteiger partial charge in [0.25, 0.3) is 0 Å². The SMILES string of the molecule is Cc1nnc(-c2cnc(-c3cccc(-c4cnn(C)c4)c3)nc2NCCN2CCOCC2)s1.Cn1cc(-c2cccc(-c3ncc(-c4ccn(C)n4)c(NC4CCC(O)CC4)n3)c2)cn1.Cn1cc(-c2cccc(-c3ncc(-c4cnn(C)c4)c(NCC4CCNC4)n3)c2)cn1. The van der Waals surface area contributed by atoms with Crippen LogP contribution in [0.2, 0.25) is 0 Å². The van der Waals surface area contributed by atoms with Gasteiger partial charge in [-0.2, -0.15) is 25.5 Å². The predicted molar refractivity (Wildman–Crippen MR) is 374 cm³/mol. The van der Waals surface area contributed by atoms with Crippen molar-refractivity contribution in [3.05, 3.63) is 158 Å². The fourth-order valence-electron chi connectivity index (χ4n) is 11.9. The normalized spacial score (nSPS) is 16.3. The van der Waals surface area contributed by atoms with Crippen molar-refractivity contribution in [2.24, 2.45) is 41.2 Å². The summed E-state index contributed by atoms with van der Waals surface area (Å²) >= 11 is 1.54. The van der Waals surface area contributed by atoms with Crippen LogP contribution in [0.4, 0.5) is 17.5 Å². The quantitative estimate of drug-likeness (QED) is 0.0534. The topological polar surface area (TPSA) is 273 Å². The Morgan fingerprint density at radius 1 is 0.542 bits per heavy atom. The van der Waals surface area contributed by atoms with E-state index in [1.54, 1.807) is 34.7 Å². The number of nitrogens with zero attached hydrogens (tertiary/aromatic N) is 19. The maximum Gasteiger partial charge on any atom is 0.161 e. The Balaban J connectivity index is 0.000000130. The molecule has 3 aromatic carbocycles. The van der Waals surface area contributed by atoms with Crippen LogP contribution in [0.3, 0.4) is 0 Å². The second-order valence-corrected chi connectivity index (χ2v) is 25.7. The van der Waals surface area contributed by atoms with Gasteiger partial charge in [0.05, 0.1) is 60.9 Å². The van der Waals surface area contributed by atoms with Gasteiger partial charge >= 0.3 is 0 Å². The number of ether oxygens (including phenoxy) is 1. The van der Waals surface area contributed by atoms with Crippen LogP contribution in [0.25, 0.3) is 100 Å². The number of morpholine rings is 1. The van der Waals surface area contributed by atoms with Gasteiger partial charge in [-0.1, -0.05) is 65.9 Å². The van der Waals surface area contributed by atoms with Crippen molar-refractivity contribution in [1.82, 2.24) is 99.2 Å². The molecular formula is C70H79N23O2S. The minimum absolute atomic E-state index is 0.195. The summed E-state index contributed by atoms with van der Waals surface area (Å²) in [7, 11) is 9.57. The molecule has 25 nitrogen and oxygen atoms in total. The molecule has 3 aliphatic rings. The number of benzene rings is 3. The number of hydrogen-bond donors (Lipinski definition) is 5. The van der Waals surface area contributed by atoms with Crippen molar-refractivity contribution in [2.75, 3.05) is 75.0 Å². The first-order chi connectivity index (χ1) is 46.9. The largest absolute Gasteiger partial charge is 0.393 e. The lowest BCUT2D eigenvalue weighted by Gasteiger charge is -2.27. The molecule has 1 atom stereocenters. The van der Waals surface area contributed by atoms with E-state index in [-0.39, 0.29) is 12.1 Å². The van der Waals surface area contributed by atoms with Gasteiger partial charge in [0.15, 0.2) is 22.5 Å². The Morgan fingerprint density at radius 2 is 1.05 bits per heavy atom. The summed E-state index contributed by atoms with van der Waals surface area (Å²) in [6.45, 7) is 10.2. The molecule has 0 radical (unpaired) electrons. The summed E-state index contributed by atoms with van der Waals surface area (Å²) < 4.78 is 14.4. The average Bonchev–Trinajstić information content (AvgIpc) is 1.09. The van der Waals surface area contributed by atoms with Gasteiger partial charge in [0.1, 0.15) is 22.5 Å². The molecule has 1 aliphatic carbocycles. The molecule has 9 aromatic heterocycles. The van der Waals surface area contributed by atoms with Crippen molar-refractivity contribution in [3.8, 4) is 100 Å². The van der Waals surface area contributed by atoms with Crippen molar-refractivity contribution in [2.45, 2.75) is 51.2 Å². The zero-order valence-corrected chi connectivity index (χ0v) is 55.6. The third kappa shape index (κ3) is 16.1. The highest BCUT2D eigenvalue weighted by Gasteiger charge is 2.24. The highest BCUT2D eigenvalue weighted by Crippen LogP contribution is 2.35. The van der Waals surface area contributed by atoms with Gasteiger partial charge in [-0.3, -0.25) is 28.3 Å². The summed E-state index contributed by atoms with van der Waals surface area (Å²) in [6.07, 6.45) is 27.4. The van der Waals surface area contributed by atoms with Crippen LogP contribution in [-0.4, -0.2) is 170 Å². The van der Waals surface area contributed by atoms with Crippen molar-refractivity contribution < 1.29 is 9.84 Å². The number of anilines is 3. The number of hydrogen-bond acceptors (Lipinski definition) is 21. The lowest BCUT2D eigenvalue weighted by molar-refractivity contribution is 0.0398. The Kier molecular flexibility index (Phi) is 20.1. The van der Waals surface area contributed by atoms with E-state index in [0.717, 1.165) is 190 Å². The van der Waals surface area contributed by atoms with Crippen LogP contribution < -0.4 is 21.3 Å². The third-order valence-electron chi connectivity index (χ3n) is 17.2. The van der Waals surface area contributed by atoms with Crippen LogP contribution in [0, 0.1) is 12.8 Å². The zero-order chi connectivity index (χ0) is 65.9. The van der Waals surface area contributed by atoms with E-state index in [0.29, 0.717) is 23.4 Å². The summed E-state index contributed by atoms with van der Waals surface area (Å²) in [5.41, 5.74) is 13.9. The van der Waals surface area contributed by atoms with E-state index in [1.807, 2.05) is 159 Å². The maximum absolute atomic E-state index is 9.87. The molecule has 26 heteroatoms. The van der Waals surface area contributed by atoms with Crippen LogP contribution in [0.15, 0.2) is 153 Å². The van der Waals surface area contributed by atoms with E-state index in [9.17, 15) is 5.11 Å². The van der Waals surface area contributed by atoms with Crippen molar-refractivity contribution in [1.29, 1.82) is 0 Å². The summed E-state index contributed by atoms with van der Waals surface area (Å²) in [5.74, 6) is 5.03. The molecule has 96 heavy (non-hydrogen) atoms. The van der Waals surface area contributed by atoms with Gasteiger partial charge in [0, 0.05) is 168 Å². The zero-order valence-electron chi connectivity index (χ0n) is 54.8. The summed E-state index contributed by atoms with van der Waals surface area (Å²) in [4.78, 5) is 31.2. The van der Waals surface area contributed by atoms with E-state index in [2.05, 4.69) is 108 Å². The molecule has 2 aliphatic heterocycles. The van der Waals surface area contributed by atoms with E-state index in [1.165, 1.54) is 6.42 Å². The van der Waals surface area contributed by atoms with Gasteiger partial charge in [-0.15, -0.1) is 10.2 Å². The first kappa shape index (κ1) is 64.5. The third-order valence-corrected chi connectivity index (χ3v) is 18.1. The fraction of sp³-hybridized carbons (Fsp3) is 0.329. The Labute approximate surface area is 561 Å². The Hall–Kier alpha value is -10.2. The molecule has 492 valence electrons. The number of rotatable bonds is 18. The number of nitrogens with one attached hydrogen (secondary N) is 4. The predicted octanol–water partition coefficient (Wildman–Crippen LogP) is 9.74. The van der Waals surface area contributed by atoms with Crippen LogP contribution in [-0.2, 0) is 40.0 Å². The smallest absolute Gasteiger partial charge is 0.161 e. The molecule has 0 bridgehead atoms. The fourth-order valence-corrected chi connectivity index (χ4v) is 12.6. The molecule has 11 heterocycles.